The summed E-state index contributed by atoms with van der Waals surface area (Å²) in [4.78, 5) is 14.2. The molecule has 0 aromatic heterocycles. The van der Waals surface area contributed by atoms with Gasteiger partial charge in [0.15, 0.2) is 0 Å². The zero-order valence-corrected chi connectivity index (χ0v) is 21.8. The van der Waals surface area contributed by atoms with Crippen molar-refractivity contribution in [1.29, 1.82) is 0 Å². The van der Waals surface area contributed by atoms with Gasteiger partial charge in [0.05, 0.1) is 12.0 Å². The second-order valence-corrected chi connectivity index (χ2v) is 11.5. The molecule has 0 spiro atoms. The monoisotopic (exact) mass is 517 g/mol. The number of aliphatic carboxylic acids is 1. The fourth-order valence-electron chi connectivity index (χ4n) is 7.20. The number of halogens is 3. The maximum Gasteiger partial charge on any atom is 0.420 e. The number of fused-ring (bicyclic) bond motifs is 3. The molecule has 2 aliphatic heterocycles. The second-order valence-electron chi connectivity index (χ2n) is 11.5. The first kappa shape index (κ1) is 26.3. The lowest BCUT2D eigenvalue weighted by Gasteiger charge is -2.51. The van der Waals surface area contributed by atoms with Crippen LogP contribution in [0.1, 0.15) is 95.2 Å². The fourth-order valence-corrected chi connectivity index (χ4v) is 7.20. The van der Waals surface area contributed by atoms with E-state index in [9.17, 15) is 23.1 Å². The Labute approximate surface area is 217 Å². The number of alkyl halides is 3. The molecule has 2 heterocycles. The first-order valence-corrected chi connectivity index (χ1v) is 14.0. The average Bonchev–Trinajstić information content (AvgIpc) is 2.84. The molecule has 3 unspecified atom stereocenters. The van der Waals surface area contributed by atoms with Crippen LogP contribution in [-0.4, -0.2) is 34.2 Å². The second kappa shape index (κ2) is 10.5. The van der Waals surface area contributed by atoms with Crippen molar-refractivity contribution in [1.82, 2.24) is 4.90 Å². The van der Waals surface area contributed by atoms with Crippen molar-refractivity contribution in [3.63, 3.8) is 0 Å². The van der Waals surface area contributed by atoms with Gasteiger partial charge in [-0.25, -0.2) is 0 Å². The largest absolute Gasteiger partial charge is 0.490 e. The number of nitrogens with zero attached hydrogens (tertiary/aromatic N) is 1. The molecule has 2 saturated heterocycles. The number of carboxylic acids is 1. The highest BCUT2D eigenvalue weighted by Crippen LogP contribution is 2.46. The van der Waals surface area contributed by atoms with Crippen LogP contribution in [-0.2, 0) is 11.0 Å². The zero-order valence-electron chi connectivity index (χ0n) is 21.8. The Kier molecular flexibility index (Phi) is 7.45. The summed E-state index contributed by atoms with van der Waals surface area (Å²) in [6.45, 7) is 4.28. The molecule has 7 heteroatoms. The van der Waals surface area contributed by atoms with Crippen molar-refractivity contribution in [3.05, 3.63) is 41.5 Å². The third kappa shape index (κ3) is 5.34. The van der Waals surface area contributed by atoms with E-state index in [1.165, 1.54) is 6.07 Å². The molecule has 2 aromatic rings. The molecule has 3 atom stereocenters. The Bertz CT molecular complexity index is 1110. The first-order chi connectivity index (χ1) is 17.7. The minimum atomic E-state index is -4.52. The van der Waals surface area contributed by atoms with E-state index in [0.717, 1.165) is 56.9 Å². The van der Waals surface area contributed by atoms with Gasteiger partial charge in [-0.3, -0.25) is 9.69 Å². The van der Waals surface area contributed by atoms with Crippen LogP contribution in [0.5, 0.6) is 5.75 Å². The van der Waals surface area contributed by atoms with E-state index >= 15 is 0 Å². The number of ether oxygens (including phenoxy) is 1. The predicted molar refractivity (Wildman–Crippen MR) is 138 cm³/mol. The third-order valence-corrected chi connectivity index (χ3v) is 9.06. The lowest BCUT2D eigenvalue weighted by molar-refractivity contribution is -0.147. The van der Waals surface area contributed by atoms with Gasteiger partial charge in [-0.15, -0.1) is 0 Å². The molecule has 1 aliphatic carbocycles. The van der Waals surface area contributed by atoms with Crippen LogP contribution >= 0.6 is 0 Å². The van der Waals surface area contributed by atoms with Crippen LogP contribution in [0.3, 0.4) is 0 Å². The highest BCUT2D eigenvalue weighted by atomic mass is 19.4. The van der Waals surface area contributed by atoms with Crippen LogP contribution in [0.2, 0.25) is 0 Å². The van der Waals surface area contributed by atoms with Gasteiger partial charge in [0.1, 0.15) is 11.3 Å². The molecule has 1 N–H and O–H groups in total. The first-order valence-electron chi connectivity index (χ1n) is 14.0. The average molecular weight is 518 g/mol. The summed E-state index contributed by atoms with van der Waals surface area (Å²) in [5.74, 6) is -0.487. The van der Waals surface area contributed by atoms with E-state index in [-0.39, 0.29) is 41.3 Å². The van der Waals surface area contributed by atoms with Gasteiger partial charge in [-0.2, -0.15) is 13.2 Å². The minimum Gasteiger partial charge on any atom is -0.490 e. The third-order valence-electron chi connectivity index (χ3n) is 9.06. The number of hydrogen-bond acceptors (Lipinski definition) is 3. The molecule has 5 rings (SSSR count). The van der Waals surface area contributed by atoms with Crippen LogP contribution in [0, 0.1) is 11.8 Å². The van der Waals surface area contributed by atoms with E-state index < -0.39 is 17.7 Å². The van der Waals surface area contributed by atoms with Gasteiger partial charge < -0.3 is 9.84 Å². The molecule has 37 heavy (non-hydrogen) atoms. The predicted octanol–water partition coefficient (Wildman–Crippen LogP) is 7.98. The van der Waals surface area contributed by atoms with E-state index in [0.29, 0.717) is 24.1 Å². The summed E-state index contributed by atoms with van der Waals surface area (Å²) in [6, 6.07) is 9.10. The Morgan fingerprint density at radius 3 is 2.32 bits per heavy atom. The highest BCUT2D eigenvalue weighted by Gasteiger charge is 2.44. The molecule has 1 saturated carbocycles. The molecule has 2 bridgehead atoms. The fraction of sp³-hybridized carbons (Fsp3) is 0.633. The van der Waals surface area contributed by atoms with Crippen molar-refractivity contribution in [2.24, 2.45) is 11.8 Å². The molecular formula is C30H38F3NO3. The van der Waals surface area contributed by atoms with E-state index in [1.807, 2.05) is 12.1 Å². The van der Waals surface area contributed by atoms with Crippen LogP contribution in [0.25, 0.3) is 10.8 Å². The zero-order chi connectivity index (χ0) is 26.3. The molecular weight excluding hydrogens is 479 g/mol. The summed E-state index contributed by atoms with van der Waals surface area (Å²) < 4.78 is 49.0. The topological polar surface area (TPSA) is 49.8 Å². The van der Waals surface area contributed by atoms with E-state index in [4.69, 9.17) is 4.74 Å². The Morgan fingerprint density at radius 1 is 1.05 bits per heavy atom. The van der Waals surface area contributed by atoms with Crippen LogP contribution in [0.15, 0.2) is 30.3 Å². The van der Waals surface area contributed by atoms with E-state index in [1.54, 1.807) is 12.1 Å². The number of benzene rings is 2. The number of hydrogen-bond donors (Lipinski definition) is 1. The number of carbonyl (C=O) groups is 1. The standard InChI is InChI=1S/C30H38F3NO3/c1-3-26(34-22-5-4-6-23(34)17-21(16-22)29(35)36)20-9-13-25-19(15-20)10-14-27(28(25)30(31,32)33)37-24-11-7-18(2)8-12-24/h9-10,13-15,18,21-24,26H,3-8,11-12,16-17H2,1-2H3,(H,35,36)/t18-,21?,22?,23?,24+,26?. The van der Waals surface area contributed by atoms with Gasteiger partial charge in [0.2, 0.25) is 0 Å². The summed E-state index contributed by atoms with van der Waals surface area (Å²) >= 11 is 0. The highest BCUT2D eigenvalue weighted by molar-refractivity contribution is 5.89. The minimum absolute atomic E-state index is 0.0592. The van der Waals surface area contributed by atoms with Gasteiger partial charge in [0.25, 0.3) is 0 Å². The molecule has 202 valence electrons. The normalized spacial score (nSPS) is 29.7. The lowest BCUT2D eigenvalue weighted by Crippen LogP contribution is -2.54. The quantitative estimate of drug-likeness (QED) is 0.422. The SMILES string of the molecule is CCC(c1ccc2c(C(F)(F)F)c(O[C@H]3CC[C@@H](C)CC3)ccc2c1)N1C2CCCC1CC(C(=O)O)C2. The summed E-state index contributed by atoms with van der Waals surface area (Å²) in [5.41, 5.74) is 0.325. The molecule has 4 nitrogen and oxygen atoms in total. The van der Waals surface area contributed by atoms with Crippen molar-refractivity contribution in [2.45, 2.75) is 108 Å². The van der Waals surface area contributed by atoms with Gasteiger partial charge >= 0.3 is 12.1 Å². The summed E-state index contributed by atoms with van der Waals surface area (Å²) in [7, 11) is 0. The molecule has 3 aliphatic rings. The molecule has 0 radical (unpaired) electrons. The van der Waals surface area contributed by atoms with Crippen molar-refractivity contribution in [2.75, 3.05) is 0 Å². The van der Waals surface area contributed by atoms with Crippen molar-refractivity contribution < 1.29 is 27.8 Å². The number of piperidine rings is 2. The smallest absolute Gasteiger partial charge is 0.420 e. The summed E-state index contributed by atoms with van der Waals surface area (Å²) in [6.07, 6.45) is 4.01. The Balaban J connectivity index is 1.46. The summed E-state index contributed by atoms with van der Waals surface area (Å²) in [5, 5.41) is 10.4. The Morgan fingerprint density at radius 2 is 1.73 bits per heavy atom. The Hall–Kier alpha value is -2.28. The lowest BCUT2D eigenvalue weighted by atomic mass is 9.76. The van der Waals surface area contributed by atoms with Gasteiger partial charge in [-0.05, 0) is 92.2 Å². The van der Waals surface area contributed by atoms with Crippen molar-refractivity contribution >= 4 is 16.7 Å². The number of carboxylic acid groups (broad SMARTS) is 1. The van der Waals surface area contributed by atoms with Gasteiger partial charge in [0, 0.05) is 18.1 Å². The molecule has 3 fully saturated rings. The molecule has 0 amide bonds. The van der Waals surface area contributed by atoms with Crippen LogP contribution < -0.4 is 4.74 Å². The molecule has 2 aromatic carbocycles. The maximum atomic E-state index is 14.3. The van der Waals surface area contributed by atoms with Gasteiger partial charge in [-0.1, -0.05) is 38.5 Å². The van der Waals surface area contributed by atoms with E-state index in [2.05, 4.69) is 18.7 Å². The maximum absolute atomic E-state index is 14.3. The van der Waals surface area contributed by atoms with Crippen LogP contribution in [0.4, 0.5) is 13.2 Å². The van der Waals surface area contributed by atoms with Crippen molar-refractivity contribution in [3.8, 4) is 5.75 Å². The number of rotatable bonds is 6.